The van der Waals surface area contributed by atoms with Crippen LogP contribution in [0, 0.1) is 5.82 Å². The normalized spacial score (nSPS) is 17.8. The molecule has 2 aliphatic heterocycles. The Hall–Kier alpha value is -3.81. The molecule has 1 aromatic heterocycles. The molecular weight excluding hydrogens is 415 g/mol. The van der Waals surface area contributed by atoms with Gasteiger partial charge in [-0.1, -0.05) is 24.3 Å². The number of furan rings is 1. The van der Waals surface area contributed by atoms with E-state index in [1.54, 1.807) is 52.3 Å². The van der Waals surface area contributed by atoms with Gasteiger partial charge in [-0.2, -0.15) is 0 Å². The van der Waals surface area contributed by atoms with Gasteiger partial charge in [0.2, 0.25) is 6.10 Å². The van der Waals surface area contributed by atoms with E-state index in [4.69, 9.17) is 13.9 Å². The highest BCUT2D eigenvalue weighted by Gasteiger charge is 2.34. The van der Waals surface area contributed by atoms with E-state index < -0.39 is 11.9 Å². The van der Waals surface area contributed by atoms with Crippen molar-refractivity contribution in [2.24, 2.45) is 0 Å². The fourth-order valence-electron chi connectivity index (χ4n) is 3.89. The molecule has 0 radical (unpaired) electrons. The molecule has 0 unspecified atom stereocenters. The molecule has 5 rings (SSSR count). The molecule has 2 amide bonds. The number of carbonyl (C=O) groups is 2. The third kappa shape index (κ3) is 3.79. The van der Waals surface area contributed by atoms with Gasteiger partial charge in [-0.05, 0) is 36.4 Å². The molecule has 32 heavy (non-hydrogen) atoms. The summed E-state index contributed by atoms with van der Waals surface area (Å²) in [5.74, 6) is 0.759. The average molecular weight is 436 g/mol. The predicted molar refractivity (Wildman–Crippen MR) is 113 cm³/mol. The van der Waals surface area contributed by atoms with Crippen LogP contribution in [0.5, 0.6) is 11.5 Å². The summed E-state index contributed by atoms with van der Waals surface area (Å²) < 4.78 is 31.0. The van der Waals surface area contributed by atoms with Crippen LogP contribution in [0.15, 0.2) is 65.1 Å². The number of para-hydroxylation sites is 2. The molecule has 0 saturated carbocycles. The molecule has 1 atom stereocenters. The first-order valence-electron chi connectivity index (χ1n) is 10.4. The van der Waals surface area contributed by atoms with Crippen LogP contribution in [0.2, 0.25) is 0 Å². The van der Waals surface area contributed by atoms with Gasteiger partial charge >= 0.3 is 0 Å². The number of halogens is 1. The smallest absolute Gasteiger partial charge is 0.289 e. The van der Waals surface area contributed by atoms with Crippen molar-refractivity contribution in [3.63, 3.8) is 0 Å². The maximum Gasteiger partial charge on any atom is 0.289 e. The lowest BCUT2D eigenvalue weighted by molar-refractivity contribution is -0.142. The third-order valence-corrected chi connectivity index (χ3v) is 5.62. The Morgan fingerprint density at radius 2 is 1.53 bits per heavy atom. The summed E-state index contributed by atoms with van der Waals surface area (Å²) in [6.07, 6.45) is -0.708. The number of hydrogen-bond donors (Lipinski definition) is 0. The van der Waals surface area contributed by atoms with Gasteiger partial charge < -0.3 is 23.7 Å². The van der Waals surface area contributed by atoms with Crippen LogP contribution in [-0.4, -0.2) is 60.5 Å². The quantitative estimate of drug-likeness (QED) is 0.631. The Kier molecular flexibility index (Phi) is 5.26. The summed E-state index contributed by atoms with van der Waals surface area (Å²) in [6, 6.07) is 16.6. The minimum Gasteiger partial charge on any atom is -0.485 e. The van der Waals surface area contributed by atoms with Crippen molar-refractivity contribution < 1.29 is 27.9 Å². The van der Waals surface area contributed by atoms with Crippen LogP contribution in [0.4, 0.5) is 4.39 Å². The second-order valence-electron chi connectivity index (χ2n) is 7.63. The van der Waals surface area contributed by atoms with Gasteiger partial charge in [-0.25, -0.2) is 4.39 Å². The molecule has 2 aromatic carbocycles. The Bertz CT molecular complexity index is 1150. The first kappa shape index (κ1) is 20.1. The minimum absolute atomic E-state index is 0.142. The Morgan fingerprint density at radius 1 is 0.844 bits per heavy atom. The summed E-state index contributed by atoms with van der Waals surface area (Å²) in [5.41, 5.74) is 0.304. The molecule has 0 bridgehead atoms. The van der Waals surface area contributed by atoms with Gasteiger partial charge in [0.05, 0.1) is 5.56 Å². The molecule has 0 N–H and O–H groups in total. The van der Waals surface area contributed by atoms with Crippen LogP contribution in [-0.2, 0) is 4.79 Å². The first-order valence-corrected chi connectivity index (χ1v) is 10.4. The first-order chi connectivity index (χ1) is 15.6. The largest absolute Gasteiger partial charge is 0.485 e. The lowest BCUT2D eigenvalue weighted by Gasteiger charge is -2.36. The van der Waals surface area contributed by atoms with Gasteiger partial charge in [-0.15, -0.1) is 0 Å². The molecular formula is C24H21FN2O5. The SMILES string of the molecule is O=C(c1ccc(-c2ccccc2F)o1)N1CCN(C(=O)[C@H]2COc3ccccc3O2)CC1. The van der Waals surface area contributed by atoms with Gasteiger partial charge in [-0.3, -0.25) is 9.59 Å². The van der Waals surface area contributed by atoms with E-state index in [0.717, 1.165) is 0 Å². The third-order valence-electron chi connectivity index (χ3n) is 5.62. The van der Waals surface area contributed by atoms with Crippen LogP contribution in [0.25, 0.3) is 11.3 Å². The van der Waals surface area contributed by atoms with Crippen LogP contribution >= 0.6 is 0 Å². The summed E-state index contributed by atoms with van der Waals surface area (Å²) >= 11 is 0. The Morgan fingerprint density at radius 3 is 2.31 bits per heavy atom. The number of nitrogens with zero attached hydrogens (tertiary/aromatic N) is 2. The highest BCUT2D eigenvalue weighted by Crippen LogP contribution is 2.31. The van der Waals surface area contributed by atoms with E-state index >= 15 is 0 Å². The lowest BCUT2D eigenvalue weighted by atomic mass is 10.1. The van der Waals surface area contributed by atoms with Crippen molar-refractivity contribution in [3.05, 3.63) is 72.2 Å². The summed E-state index contributed by atoms with van der Waals surface area (Å²) in [7, 11) is 0. The van der Waals surface area contributed by atoms with Crippen LogP contribution in [0.1, 0.15) is 10.6 Å². The molecule has 8 heteroatoms. The van der Waals surface area contributed by atoms with Gasteiger partial charge in [0, 0.05) is 26.2 Å². The maximum absolute atomic E-state index is 14.0. The van der Waals surface area contributed by atoms with Gasteiger partial charge in [0.15, 0.2) is 17.3 Å². The highest BCUT2D eigenvalue weighted by atomic mass is 19.1. The van der Waals surface area contributed by atoms with E-state index in [1.165, 1.54) is 6.07 Å². The van der Waals surface area contributed by atoms with Crippen molar-refractivity contribution in [1.82, 2.24) is 9.80 Å². The number of amides is 2. The molecule has 0 spiro atoms. The number of hydrogen-bond acceptors (Lipinski definition) is 5. The zero-order chi connectivity index (χ0) is 22.1. The van der Waals surface area contributed by atoms with E-state index in [2.05, 4.69) is 0 Å². The lowest BCUT2D eigenvalue weighted by Crippen LogP contribution is -2.55. The van der Waals surface area contributed by atoms with E-state index in [9.17, 15) is 14.0 Å². The van der Waals surface area contributed by atoms with E-state index in [-0.39, 0.29) is 24.2 Å². The van der Waals surface area contributed by atoms with Crippen LogP contribution in [0.3, 0.4) is 0 Å². The van der Waals surface area contributed by atoms with E-state index in [0.29, 0.717) is 49.0 Å². The second kappa shape index (κ2) is 8.37. The van der Waals surface area contributed by atoms with Crippen molar-refractivity contribution in [3.8, 4) is 22.8 Å². The molecule has 1 fully saturated rings. The zero-order valence-electron chi connectivity index (χ0n) is 17.2. The fourth-order valence-corrected chi connectivity index (χ4v) is 3.89. The molecule has 2 aliphatic rings. The van der Waals surface area contributed by atoms with Gasteiger partial charge in [0.25, 0.3) is 11.8 Å². The standard InChI is InChI=1S/C24H21FN2O5/c25-17-6-2-1-5-16(17)18-9-10-21(31-18)23(28)26-11-13-27(14-12-26)24(29)22-15-30-19-7-3-4-8-20(19)32-22/h1-10,22H,11-15H2/t22-/m1/s1. The molecule has 3 heterocycles. The molecule has 0 aliphatic carbocycles. The molecule has 3 aromatic rings. The zero-order valence-corrected chi connectivity index (χ0v) is 17.2. The van der Waals surface area contributed by atoms with Crippen molar-refractivity contribution in [1.29, 1.82) is 0 Å². The predicted octanol–water partition coefficient (Wildman–Crippen LogP) is 3.21. The monoisotopic (exact) mass is 436 g/mol. The Labute approximate surface area is 183 Å². The summed E-state index contributed by atoms with van der Waals surface area (Å²) in [5, 5.41) is 0. The number of fused-ring (bicyclic) bond motifs is 1. The topological polar surface area (TPSA) is 72.2 Å². The average Bonchev–Trinajstić information content (AvgIpc) is 3.33. The fraction of sp³-hybridized carbons (Fsp3) is 0.250. The maximum atomic E-state index is 14.0. The number of rotatable bonds is 3. The second-order valence-corrected chi connectivity index (χ2v) is 7.63. The minimum atomic E-state index is -0.708. The molecule has 1 saturated heterocycles. The van der Waals surface area contributed by atoms with Crippen molar-refractivity contribution >= 4 is 11.8 Å². The molecule has 164 valence electrons. The van der Waals surface area contributed by atoms with Crippen molar-refractivity contribution in [2.75, 3.05) is 32.8 Å². The Balaban J connectivity index is 1.19. The van der Waals surface area contributed by atoms with Crippen LogP contribution < -0.4 is 9.47 Å². The van der Waals surface area contributed by atoms with E-state index in [1.807, 2.05) is 12.1 Å². The number of piperazine rings is 1. The van der Waals surface area contributed by atoms with Crippen molar-refractivity contribution in [2.45, 2.75) is 6.10 Å². The number of benzene rings is 2. The summed E-state index contributed by atoms with van der Waals surface area (Å²) in [6.45, 7) is 1.65. The number of carbonyl (C=O) groups excluding carboxylic acids is 2. The highest BCUT2D eigenvalue weighted by molar-refractivity contribution is 5.92. The number of ether oxygens (including phenoxy) is 2. The van der Waals surface area contributed by atoms with Gasteiger partial charge in [0.1, 0.15) is 18.2 Å². The summed E-state index contributed by atoms with van der Waals surface area (Å²) in [4.78, 5) is 29.0. The molecule has 7 nitrogen and oxygen atoms in total.